The van der Waals surface area contributed by atoms with Gasteiger partial charge in [0.25, 0.3) is 0 Å². The highest BCUT2D eigenvalue weighted by molar-refractivity contribution is 5.95. The Morgan fingerprint density at radius 2 is 2.21 bits per heavy atom. The first kappa shape index (κ1) is 11.0. The molecule has 0 unspecified atom stereocenters. The first-order chi connectivity index (χ1) is 6.77. The van der Waals surface area contributed by atoms with E-state index in [9.17, 15) is 4.79 Å². The van der Waals surface area contributed by atoms with Crippen molar-refractivity contribution in [3.8, 4) is 0 Å². The molecule has 0 atom stereocenters. The Morgan fingerprint density at radius 1 is 1.43 bits per heavy atom. The van der Waals surface area contributed by atoms with Gasteiger partial charge in [-0.25, -0.2) is 0 Å². The van der Waals surface area contributed by atoms with E-state index in [1.165, 1.54) is 12.8 Å². The Balaban J connectivity index is 2.46. The van der Waals surface area contributed by atoms with Gasteiger partial charge in [-0.1, -0.05) is 26.7 Å². The highest BCUT2D eigenvalue weighted by atomic mass is 16.1. The number of aromatic nitrogens is 2. The normalized spacial score (nSPS) is 10.4. The third-order valence-electron chi connectivity index (χ3n) is 2.27. The van der Waals surface area contributed by atoms with Crippen molar-refractivity contribution in [2.45, 2.75) is 46.1 Å². The van der Waals surface area contributed by atoms with E-state index < -0.39 is 0 Å². The van der Waals surface area contributed by atoms with Crippen molar-refractivity contribution in [3.05, 3.63) is 18.0 Å². The third-order valence-corrected chi connectivity index (χ3v) is 2.27. The van der Waals surface area contributed by atoms with Crippen LogP contribution in [0.25, 0.3) is 0 Å². The summed E-state index contributed by atoms with van der Waals surface area (Å²) < 4.78 is 1.86. The van der Waals surface area contributed by atoms with E-state index in [1.807, 2.05) is 17.8 Å². The van der Waals surface area contributed by atoms with Crippen LogP contribution in [-0.4, -0.2) is 15.6 Å². The van der Waals surface area contributed by atoms with Crippen molar-refractivity contribution >= 4 is 5.78 Å². The zero-order valence-electron chi connectivity index (χ0n) is 8.99. The molecule has 0 aliphatic heterocycles. The van der Waals surface area contributed by atoms with Gasteiger partial charge in [-0.15, -0.1) is 0 Å². The van der Waals surface area contributed by atoms with Crippen LogP contribution in [0.5, 0.6) is 0 Å². The molecule has 0 spiro atoms. The van der Waals surface area contributed by atoms with E-state index in [0.717, 1.165) is 18.5 Å². The summed E-state index contributed by atoms with van der Waals surface area (Å²) in [5.74, 6) is 0.173. The molecule has 0 saturated carbocycles. The highest BCUT2D eigenvalue weighted by Gasteiger charge is 2.05. The number of carbonyl (C=O) groups excluding carboxylic acids is 1. The maximum Gasteiger partial charge on any atom is 0.165 e. The average Bonchev–Trinajstić information content (AvgIpc) is 2.66. The van der Waals surface area contributed by atoms with Crippen LogP contribution in [0.15, 0.2) is 12.4 Å². The van der Waals surface area contributed by atoms with Crippen LogP contribution in [0, 0.1) is 0 Å². The lowest BCUT2D eigenvalue weighted by Gasteiger charge is -1.98. The summed E-state index contributed by atoms with van der Waals surface area (Å²) in [6.45, 7) is 4.97. The summed E-state index contributed by atoms with van der Waals surface area (Å²) in [5, 5.41) is 4.15. The summed E-state index contributed by atoms with van der Waals surface area (Å²) in [6.07, 6.45) is 7.64. The van der Waals surface area contributed by atoms with Gasteiger partial charge in [0, 0.05) is 19.2 Å². The van der Waals surface area contributed by atoms with Gasteiger partial charge >= 0.3 is 0 Å². The zero-order valence-corrected chi connectivity index (χ0v) is 8.99. The van der Waals surface area contributed by atoms with Gasteiger partial charge in [-0.3, -0.25) is 9.48 Å². The SMILES string of the molecule is CCCCCn1cc(C(=O)CC)cn1. The predicted molar refractivity (Wildman–Crippen MR) is 56.4 cm³/mol. The van der Waals surface area contributed by atoms with Crippen LogP contribution < -0.4 is 0 Å². The third kappa shape index (κ3) is 2.98. The lowest BCUT2D eigenvalue weighted by molar-refractivity contribution is 0.0988. The largest absolute Gasteiger partial charge is 0.294 e. The van der Waals surface area contributed by atoms with Crippen LogP contribution in [0.3, 0.4) is 0 Å². The quantitative estimate of drug-likeness (QED) is 0.515. The number of Topliss-reactive ketones (excluding diaryl/α,β-unsaturated/α-hetero) is 1. The minimum absolute atomic E-state index is 0.173. The van der Waals surface area contributed by atoms with Crippen molar-refractivity contribution < 1.29 is 4.79 Å². The van der Waals surface area contributed by atoms with Gasteiger partial charge in [-0.05, 0) is 6.42 Å². The Kier molecular flexibility index (Phi) is 4.36. The van der Waals surface area contributed by atoms with Crippen molar-refractivity contribution in [3.63, 3.8) is 0 Å². The summed E-state index contributed by atoms with van der Waals surface area (Å²) in [7, 11) is 0. The van der Waals surface area contributed by atoms with E-state index in [-0.39, 0.29) is 5.78 Å². The highest BCUT2D eigenvalue weighted by Crippen LogP contribution is 2.04. The second-order valence-corrected chi connectivity index (χ2v) is 3.48. The van der Waals surface area contributed by atoms with Crippen molar-refractivity contribution in [2.75, 3.05) is 0 Å². The fourth-order valence-corrected chi connectivity index (χ4v) is 1.36. The van der Waals surface area contributed by atoms with E-state index in [2.05, 4.69) is 12.0 Å². The Bertz CT molecular complexity index is 291. The van der Waals surface area contributed by atoms with Crippen molar-refractivity contribution in [2.24, 2.45) is 0 Å². The molecular formula is C11H18N2O. The number of ketones is 1. The maximum atomic E-state index is 11.3. The predicted octanol–water partition coefficient (Wildman–Crippen LogP) is 2.67. The summed E-state index contributed by atoms with van der Waals surface area (Å²) in [6, 6.07) is 0. The molecule has 0 aliphatic carbocycles. The lowest BCUT2D eigenvalue weighted by Crippen LogP contribution is -1.98. The minimum Gasteiger partial charge on any atom is -0.294 e. The van der Waals surface area contributed by atoms with E-state index in [0.29, 0.717) is 6.42 Å². The molecule has 0 N–H and O–H groups in total. The van der Waals surface area contributed by atoms with Crippen LogP contribution in [0.2, 0.25) is 0 Å². The molecule has 0 aromatic carbocycles. The minimum atomic E-state index is 0.173. The molecule has 0 saturated heterocycles. The number of carbonyl (C=O) groups is 1. The second-order valence-electron chi connectivity index (χ2n) is 3.48. The van der Waals surface area contributed by atoms with Crippen LogP contribution in [0.4, 0.5) is 0 Å². The number of unbranched alkanes of at least 4 members (excludes halogenated alkanes) is 2. The molecule has 0 radical (unpaired) electrons. The Morgan fingerprint density at radius 3 is 2.86 bits per heavy atom. The molecule has 0 amide bonds. The Labute approximate surface area is 85.1 Å². The zero-order chi connectivity index (χ0) is 10.4. The summed E-state index contributed by atoms with van der Waals surface area (Å²) in [4.78, 5) is 11.3. The maximum absolute atomic E-state index is 11.3. The number of nitrogens with zero attached hydrogens (tertiary/aromatic N) is 2. The van der Waals surface area contributed by atoms with Crippen LogP contribution in [-0.2, 0) is 6.54 Å². The van der Waals surface area contributed by atoms with Gasteiger partial charge in [-0.2, -0.15) is 5.10 Å². The van der Waals surface area contributed by atoms with Crippen LogP contribution in [0.1, 0.15) is 49.9 Å². The fourth-order valence-electron chi connectivity index (χ4n) is 1.36. The van der Waals surface area contributed by atoms with E-state index >= 15 is 0 Å². The molecule has 1 aromatic heterocycles. The van der Waals surface area contributed by atoms with Gasteiger partial charge in [0.2, 0.25) is 0 Å². The van der Waals surface area contributed by atoms with Gasteiger partial charge in [0.1, 0.15) is 0 Å². The summed E-state index contributed by atoms with van der Waals surface area (Å²) in [5.41, 5.74) is 0.740. The van der Waals surface area contributed by atoms with E-state index in [1.54, 1.807) is 6.20 Å². The topological polar surface area (TPSA) is 34.9 Å². The number of hydrogen-bond donors (Lipinski definition) is 0. The molecule has 0 fully saturated rings. The van der Waals surface area contributed by atoms with Crippen LogP contribution >= 0.6 is 0 Å². The molecule has 1 aromatic rings. The lowest BCUT2D eigenvalue weighted by atomic mass is 10.2. The monoisotopic (exact) mass is 194 g/mol. The smallest absolute Gasteiger partial charge is 0.165 e. The molecule has 0 aliphatic rings. The molecule has 78 valence electrons. The van der Waals surface area contributed by atoms with Gasteiger partial charge in [0.15, 0.2) is 5.78 Å². The summed E-state index contributed by atoms with van der Waals surface area (Å²) >= 11 is 0. The van der Waals surface area contributed by atoms with Crippen molar-refractivity contribution in [1.29, 1.82) is 0 Å². The average molecular weight is 194 g/mol. The molecule has 0 bridgehead atoms. The van der Waals surface area contributed by atoms with Crippen molar-refractivity contribution in [1.82, 2.24) is 9.78 Å². The Hall–Kier alpha value is -1.12. The first-order valence-corrected chi connectivity index (χ1v) is 5.33. The van der Waals surface area contributed by atoms with E-state index in [4.69, 9.17) is 0 Å². The number of rotatable bonds is 6. The fraction of sp³-hybridized carbons (Fsp3) is 0.636. The standard InChI is InChI=1S/C11H18N2O/c1-3-5-6-7-13-9-10(8-12-13)11(14)4-2/h8-9H,3-7H2,1-2H3. The van der Waals surface area contributed by atoms with Gasteiger partial charge < -0.3 is 0 Å². The second kappa shape index (κ2) is 5.58. The molecule has 1 heterocycles. The number of aryl methyl sites for hydroxylation is 1. The molecular weight excluding hydrogens is 176 g/mol. The molecule has 14 heavy (non-hydrogen) atoms. The van der Waals surface area contributed by atoms with Gasteiger partial charge in [0.05, 0.1) is 11.8 Å². The number of hydrogen-bond acceptors (Lipinski definition) is 2. The molecule has 3 heteroatoms. The first-order valence-electron chi connectivity index (χ1n) is 5.33. The molecule has 3 nitrogen and oxygen atoms in total. The molecule has 1 rings (SSSR count).